The van der Waals surface area contributed by atoms with Crippen LogP contribution < -0.4 is 0 Å². The van der Waals surface area contributed by atoms with E-state index in [0.717, 1.165) is 27.1 Å². The highest BCUT2D eigenvalue weighted by atomic mass is 16.5. The molecule has 0 atom stereocenters. The molecule has 0 aliphatic rings. The molecule has 0 bridgehead atoms. The molecule has 0 aliphatic heterocycles. The van der Waals surface area contributed by atoms with Crippen LogP contribution in [0.5, 0.6) is 0 Å². The van der Waals surface area contributed by atoms with Crippen LogP contribution in [0.25, 0.3) is 17.0 Å². The molecule has 0 radical (unpaired) electrons. The number of amides is 1. The van der Waals surface area contributed by atoms with E-state index in [2.05, 4.69) is 4.98 Å². The molecule has 0 saturated heterocycles. The number of carbonyl (C=O) groups is 1. The van der Waals surface area contributed by atoms with Gasteiger partial charge in [0.05, 0.1) is 6.54 Å². The summed E-state index contributed by atoms with van der Waals surface area (Å²) in [6, 6.07) is 17.5. The van der Waals surface area contributed by atoms with Crippen molar-refractivity contribution in [2.75, 3.05) is 6.54 Å². The summed E-state index contributed by atoms with van der Waals surface area (Å²) in [4.78, 5) is 15.1. The Kier molecular flexibility index (Phi) is 4.54. The summed E-state index contributed by atoms with van der Waals surface area (Å²) in [6.07, 6.45) is 5.58. The third kappa shape index (κ3) is 3.67. The fraction of sp³-hybridized carbons (Fsp3) is 0.105. The highest BCUT2D eigenvalue weighted by molar-refractivity contribution is 5.91. The van der Waals surface area contributed by atoms with Crippen molar-refractivity contribution in [1.29, 1.82) is 0 Å². The Labute approximate surface area is 134 Å². The van der Waals surface area contributed by atoms with Crippen molar-refractivity contribution in [2.24, 2.45) is 0 Å². The average Bonchev–Trinajstić information content (AvgIpc) is 3.01. The molecule has 0 aliphatic carbocycles. The molecular weight excluding hydrogens is 288 g/mol. The minimum Gasteiger partial charge on any atom is -0.361 e. The number of rotatable bonds is 5. The summed E-state index contributed by atoms with van der Waals surface area (Å²) in [7, 11) is 0. The van der Waals surface area contributed by atoms with Crippen molar-refractivity contribution in [2.45, 2.75) is 6.42 Å². The Morgan fingerprint density at radius 3 is 2.65 bits per heavy atom. The van der Waals surface area contributed by atoms with Gasteiger partial charge in [-0.05, 0) is 29.7 Å². The van der Waals surface area contributed by atoms with Gasteiger partial charge in [0.1, 0.15) is 0 Å². The minimum absolute atomic E-state index is 0.250. The van der Waals surface area contributed by atoms with Crippen LogP contribution in [0.4, 0.5) is 0 Å². The molecule has 0 fully saturated rings. The maximum absolute atomic E-state index is 11.9. The first-order valence-electron chi connectivity index (χ1n) is 7.52. The lowest BCUT2D eigenvalue weighted by molar-refractivity contribution is -0.158. The Morgan fingerprint density at radius 2 is 1.83 bits per heavy atom. The molecule has 3 aromatic rings. The van der Waals surface area contributed by atoms with Gasteiger partial charge in [-0.25, -0.2) is 5.06 Å². The van der Waals surface area contributed by atoms with E-state index in [1.807, 2.05) is 60.8 Å². The molecular formula is C19H18N2O2. The number of H-pyrrole nitrogens is 1. The second-order valence-corrected chi connectivity index (χ2v) is 5.31. The van der Waals surface area contributed by atoms with Crippen molar-refractivity contribution in [1.82, 2.24) is 10.0 Å². The Bertz CT molecular complexity index is 822. The van der Waals surface area contributed by atoms with Crippen molar-refractivity contribution >= 4 is 22.9 Å². The van der Waals surface area contributed by atoms with Crippen LogP contribution in [0.15, 0.2) is 66.9 Å². The Morgan fingerprint density at radius 1 is 1.09 bits per heavy atom. The molecule has 3 rings (SSSR count). The summed E-state index contributed by atoms with van der Waals surface area (Å²) < 4.78 is 0. The van der Waals surface area contributed by atoms with Gasteiger partial charge in [-0.2, -0.15) is 0 Å². The number of nitrogens with zero attached hydrogens (tertiary/aromatic N) is 1. The maximum atomic E-state index is 11.9. The molecule has 0 unspecified atom stereocenters. The third-order valence-corrected chi connectivity index (χ3v) is 3.74. The van der Waals surface area contributed by atoms with E-state index >= 15 is 0 Å². The number of benzene rings is 2. The maximum Gasteiger partial charge on any atom is 0.269 e. The van der Waals surface area contributed by atoms with Crippen molar-refractivity contribution < 1.29 is 10.0 Å². The standard InChI is InChI=1S/C19H18N2O2/c22-19(11-10-15-6-2-1-3-7-15)21(23)13-12-16-14-20-18-9-5-4-8-17(16)18/h1-11,14,20,23H,12-13H2. The molecule has 2 N–H and O–H groups in total. The number of nitrogens with one attached hydrogen (secondary N) is 1. The number of hydroxylamine groups is 2. The number of aromatic amines is 1. The predicted octanol–water partition coefficient (Wildman–Crippen LogP) is 3.64. The van der Waals surface area contributed by atoms with Gasteiger partial charge in [-0.3, -0.25) is 10.0 Å². The molecule has 116 valence electrons. The minimum atomic E-state index is -0.423. The van der Waals surface area contributed by atoms with E-state index < -0.39 is 5.91 Å². The first kappa shape index (κ1) is 15.1. The molecule has 4 heteroatoms. The van der Waals surface area contributed by atoms with Crippen molar-refractivity contribution in [3.63, 3.8) is 0 Å². The number of hydrogen-bond donors (Lipinski definition) is 2. The van der Waals surface area contributed by atoms with Crippen LogP contribution in [0.3, 0.4) is 0 Å². The van der Waals surface area contributed by atoms with Crippen molar-refractivity contribution in [3.8, 4) is 0 Å². The summed E-state index contributed by atoms with van der Waals surface area (Å²) >= 11 is 0. The summed E-state index contributed by atoms with van der Waals surface area (Å²) in [5.41, 5.74) is 3.06. The fourth-order valence-corrected chi connectivity index (χ4v) is 2.49. The summed E-state index contributed by atoms with van der Waals surface area (Å²) in [5, 5.41) is 11.8. The highest BCUT2D eigenvalue weighted by Crippen LogP contribution is 2.18. The number of aromatic nitrogens is 1. The van der Waals surface area contributed by atoms with Crippen LogP contribution in [0, 0.1) is 0 Å². The van der Waals surface area contributed by atoms with Gasteiger partial charge in [0, 0.05) is 23.2 Å². The molecule has 2 aromatic carbocycles. The van der Waals surface area contributed by atoms with Gasteiger partial charge in [0.25, 0.3) is 5.91 Å². The number of para-hydroxylation sites is 1. The largest absolute Gasteiger partial charge is 0.361 e. The quantitative estimate of drug-likeness (QED) is 0.429. The zero-order valence-corrected chi connectivity index (χ0v) is 12.6. The van der Waals surface area contributed by atoms with Gasteiger partial charge >= 0.3 is 0 Å². The van der Waals surface area contributed by atoms with E-state index in [1.54, 1.807) is 6.08 Å². The van der Waals surface area contributed by atoms with Crippen LogP contribution in [0.2, 0.25) is 0 Å². The molecule has 1 aromatic heterocycles. The van der Waals surface area contributed by atoms with Gasteiger partial charge in [-0.1, -0.05) is 48.5 Å². The fourth-order valence-electron chi connectivity index (χ4n) is 2.49. The van der Waals surface area contributed by atoms with Crippen molar-refractivity contribution in [3.05, 3.63) is 78.0 Å². The molecule has 4 nitrogen and oxygen atoms in total. The van der Waals surface area contributed by atoms with Crippen LogP contribution in [0.1, 0.15) is 11.1 Å². The van der Waals surface area contributed by atoms with Crippen LogP contribution >= 0.6 is 0 Å². The van der Waals surface area contributed by atoms with Crippen LogP contribution in [-0.4, -0.2) is 27.7 Å². The number of carbonyl (C=O) groups excluding carboxylic acids is 1. The molecule has 0 saturated carbocycles. The second-order valence-electron chi connectivity index (χ2n) is 5.31. The third-order valence-electron chi connectivity index (χ3n) is 3.74. The zero-order valence-electron chi connectivity index (χ0n) is 12.6. The normalized spacial score (nSPS) is 11.2. The van der Waals surface area contributed by atoms with Gasteiger partial charge in [0.2, 0.25) is 0 Å². The molecule has 1 amide bonds. The van der Waals surface area contributed by atoms with E-state index in [0.29, 0.717) is 6.42 Å². The molecule has 0 spiro atoms. The lowest BCUT2D eigenvalue weighted by Crippen LogP contribution is -2.27. The van der Waals surface area contributed by atoms with E-state index in [9.17, 15) is 10.0 Å². The first-order chi connectivity index (χ1) is 11.2. The Hall–Kier alpha value is -2.85. The van der Waals surface area contributed by atoms with E-state index in [1.165, 1.54) is 6.08 Å². The second kappa shape index (κ2) is 6.94. The zero-order chi connectivity index (χ0) is 16.1. The van der Waals surface area contributed by atoms with Crippen LogP contribution in [-0.2, 0) is 11.2 Å². The van der Waals surface area contributed by atoms with E-state index in [-0.39, 0.29) is 6.54 Å². The lowest BCUT2D eigenvalue weighted by Gasteiger charge is -2.12. The summed E-state index contributed by atoms with van der Waals surface area (Å²) in [5.74, 6) is -0.423. The highest BCUT2D eigenvalue weighted by Gasteiger charge is 2.09. The number of hydrogen-bond acceptors (Lipinski definition) is 2. The van der Waals surface area contributed by atoms with Gasteiger partial charge in [-0.15, -0.1) is 0 Å². The molecule has 23 heavy (non-hydrogen) atoms. The average molecular weight is 306 g/mol. The summed E-state index contributed by atoms with van der Waals surface area (Å²) in [6.45, 7) is 0.250. The molecule has 1 heterocycles. The monoisotopic (exact) mass is 306 g/mol. The predicted molar refractivity (Wildman–Crippen MR) is 91.0 cm³/mol. The Balaban J connectivity index is 1.59. The first-order valence-corrected chi connectivity index (χ1v) is 7.52. The smallest absolute Gasteiger partial charge is 0.269 e. The van der Waals surface area contributed by atoms with Gasteiger partial charge < -0.3 is 4.98 Å². The van der Waals surface area contributed by atoms with E-state index in [4.69, 9.17) is 0 Å². The topological polar surface area (TPSA) is 56.3 Å². The lowest BCUT2D eigenvalue weighted by atomic mass is 10.1. The van der Waals surface area contributed by atoms with Gasteiger partial charge in [0.15, 0.2) is 0 Å². The SMILES string of the molecule is O=C(C=Cc1ccccc1)N(O)CCc1c[nH]c2ccccc12. The number of fused-ring (bicyclic) bond motifs is 1.